The molecule has 0 fully saturated rings. The molecule has 0 bridgehead atoms. The number of hydrogen-bond acceptors (Lipinski definition) is 3. The van der Waals surface area contributed by atoms with Crippen molar-refractivity contribution in [2.45, 2.75) is 39.8 Å². The van der Waals surface area contributed by atoms with E-state index in [1.54, 1.807) is 4.68 Å². The number of aliphatic hydroxyl groups is 1. The molecule has 2 aromatic rings. The van der Waals surface area contributed by atoms with Gasteiger partial charge >= 0.3 is 0 Å². The van der Waals surface area contributed by atoms with Crippen LogP contribution in [0.4, 0.5) is 0 Å². The topological polar surface area (TPSA) is 55.9 Å². The van der Waals surface area contributed by atoms with Crippen LogP contribution in [0, 0.1) is 13.8 Å². The molecule has 2 rings (SSSR count). The molecule has 2 aromatic heterocycles. The summed E-state index contributed by atoms with van der Waals surface area (Å²) in [6.07, 6.45) is 1.83. The Labute approximate surface area is 121 Å². The summed E-state index contributed by atoms with van der Waals surface area (Å²) in [5, 5.41) is 19.1. The van der Waals surface area contributed by atoms with E-state index in [1.807, 2.05) is 38.7 Å². The van der Waals surface area contributed by atoms with Crippen LogP contribution in [0.25, 0.3) is 0 Å². The van der Waals surface area contributed by atoms with Gasteiger partial charge in [0.1, 0.15) is 0 Å². The van der Waals surface area contributed by atoms with Gasteiger partial charge in [-0.05, 0) is 36.7 Å². The zero-order valence-electron chi connectivity index (χ0n) is 11.7. The molecule has 0 radical (unpaired) electrons. The maximum absolute atomic E-state index is 10.4. The number of nitrogens with zero attached hydrogens (tertiary/aromatic N) is 4. The van der Waals surface area contributed by atoms with E-state index in [0.717, 1.165) is 33.7 Å². The molecule has 1 N–H and O–H groups in total. The second kappa shape index (κ2) is 5.46. The van der Waals surface area contributed by atoms with Crippen molar-refractivity contribution in [2.75, 3.05) is 0 Å². The van der Waals surface area contributed by atoms with Gasteiger partial charge in [-0.2, -0.15) is 10.2 Å². The van der Waals surface area contributed by atoms with E-state index < -0.39 is 6.10 Å². The summed E-state index contributed by atoms with van der Waals surface area (Å²) in [6, 6.07) is 0. The zero-order valence-corrected chi connectivity index (χ0v) is 13.3. The molecule has 0 saturated carbocycles. The van der Waals surface area contributed by atoms with Crippen molar-refractivity contribution >= 4 is 15.9 Å². The summed E-state index contributed by atoms with van der Waals surface area (Å²) in [6.45, 7) is 6.71. The minimum atomic E-state index is -0.564. The SMILES string of the molecule is CCn1nc(C)c(Br)c1CC(O)c1cn(C)nc1C. The fraction of sp³-hybridized carbons (Fsp3) is 0.538. The third-order valence-electron chi connectivity index (χ3n) is 3.25. The molecule has 0 aliphatic heterocycles. The van der Waals surface area contributed by atoms with Crippen molar-refractivity contribution in [3.8, 4) is 0 Å². The van der Waals surface area contributed by atoms with E-state index in [2.05, 4.69) is 26.1 Å². The predicted octanol–water partition coefficient (Wildman–Crippen LogP) is 2.29. The van der Waals surface area contributed by atoms with Crippen molar-refractivity contribution in [3.63, 3.8) is 0 Å². The number of rotatable bonds is 4. The fourth-order valence-corrected chi connectivity index (χ4v) is 2.75. The zero-order chi connectivity index (χ0) is 14.2. The highest BCUT2D eigenvalue weighted by Gasteiger charge is 2.19. The second-order valence-electron chi connectivity index (χ2n) is 4.73. The van der Waals surface area contributed by atoms with Gasteiger partial charge in [-0.1, -0.05) is 0 Å². The van der Waals surface area contributed by atoms with Gasteiger partial charge in [-0.15, -0.1) is 0 Å². The molecule has 1 unspecified atom stereocenters. The predicted molar refractivity (Wildman–Crippen MR) is 76.9 cm³/mol. The number of aryl methyl sites for hydroxylation is 4. The summed E-state index contributed by atoms with van der Waals surface area (Å²) in [4.78, 5) is 0. The summed E-state index contributed by atoms with van der Waals surface area (Å²) in [7, 11) is 1.86. The molecule has 5 nitrogen and oxygen atoms in total. The summed E-state index contributed by atoms with van der Waals surface area (Å²) < 4.78 is 4.63. The Balaban J connectivity index is 2.28. The Hall–Kier alpha value is -1.14. The van der Waals surface area contributed by atoms with Gasteiger partial charge in [0, 0.05) is 31.8 Å². The molecule has 0 aliphatic carbocycles. The largest absolute Gasteiger partial charge is 0.388 e. The lowest BCUT2D eigenvalue weighted by Gasteiger charge is -2.11. The smallest absolute Gasteiger partial charge is 0.0878 e. The minimum Gasteiger partial charge on any atom is -0.388 e. The van der Waals surface area contributed by atoms with Gasteiger partial charge in [0.15, 0.2) is 0 Å². The Morgan fingerprint density at radius 3 is 2.53 bits per heavy atom. The van der Waals surface area contributed by atoms with E-state index in [4.69, 9.17) is 0 Å². The Morgan fingerprint density at radius 2 is 2.00 bits per heavy atom. The highest BCUT2D eigenvalue weighted by atomic mass is 79.9. The Kier molecular flexibility index (Phi) is 4.10. The maximum atomic E-state index is 10.4. The normalized spacial score (nSPS) is 12.9. The van der Waals surface area contributed by atoms with Crippen LogP contribution in [0.15, 0.2) is 10.7 Å². The lowest BCUT2D eigenvalue weighted by Crippen LogP contribution is -2.09. The molecule has 0 spiro atoms. The second-order valence-corrected chi connectivity index (χ2v) is 5.52. The molecule has 0 aromatic carbocycles. The quantitative estimate of drug-likeness (QED) is 0.937. The third kappa shape index (κ3) is 2.74. The first kappa shape index (κ1) is 14.3. The maximum Gasteiger partial charge on any atom is 0.0878 e. The Bertz CT molecular complexity index is 588. The first-order valence-corrected chi connectivity index (χ1v) is 7.13. The van der Waals surface area contributed by atoms with E-state index in [1.165, 1.54) is 0 Å². The van der Waals surface area contributed by atoms with Crippen LogP contribution >= 0.6 is 15.9 Å². The highest BCUT2D eigenvalue weighted by molar-refractivity contribution is 9.10. The summed E-state index contributed by atoms with van der Waals surface area (Å²) >= 11 is 3.55. The van der Waals surface area contributed by atoms with Crippen molar-refractivity contribution in [2.24, 2.45) is 7.05 Å². The molecule has 0 saturated heterocycles. The molecule has 1 atom stereocenters. The molecule has 104 valence electrons. The standard InChI is InChI=1S/C13H19BrN4O/c1-5-18-11(13(14)9(3)16-18)6-12(19)10-7-17(4)15-8(10)2/h7,12,19H,5-6H2,1-4H3. The van der Waals surface area contributed by atoms with Crippen molar-refractivity contribution in [1.29, 1.82) is 0 Å². The molecule has 0 amide bonds. The van der Waals surface area contributed by atoms with E-state index >= 15 is 0 Å². The summed E-state index contributed by atoms with van der Waals surface area (Å²) in [5.41, 5.74) is 3.71. The van der Waals surface area contributed by atoms with Gasteiger partial charge in [0.25, 0.3) is 0 Å². The van der Waals surface area contributed by atoms with Crippen LogP contribution < -0.4 is 0 Å². The Morgan fingerprint density at radius 1 is 1.32 bits per heavy atom. The van der Waals surface area contributed by atoms with Gasteiger partial charge in [-0.3, -0.25) is 9.36 Å². The average Bonchev–Trinajstić information content (AvgIpc) is 2.83. The first-order valence-electron chi connectivity index (χ1n) is 6.34. The molecule has 6 heteroatoms. The minimum absolute atomic E-state index is 0.530. The van der Waals surface area contributed by atoms with Crippen molar-refractivity contribution < 1.29 is 5.11 Å². The van der Waals surface area contributed by atoms with Crippen LogP contribution in [0.2, 0.25) is 0 Å². The fourth-order valence-electron chi connectivity index (χ4n) is 2.30. The monoisotopic (exact) mass is 326 g/mol. The van der Waals surface area contributed by atoms with Gasteiger partial charge in [0.2, 0.25) is 0 Å². The van der Waals surface area contributed by atoms with Crippen LogP contribution in [0.3, 0.4) is 0 Å². The van der Waals surface area contributed by atoms with Gasteiger partial charge < -0.3 is 5.11 Å². The first-order chi connectivity index (χ1) is 8.93. The lowest BCUT2D eigenvalue weighted by molar-refractivity contribution is 0.174. The average molecular weight is 327 g/mol. The molecule has 0 aliphatic rings. The summed E-state index contributed by atoms with van der Waals surface area (Å²) in [5.74, 6) is 0. The molecular formula is C13H19BrN4O. The van der Waals surface area contributed by atoms with Crippen LogP contribution in [-0.2, 0) is 20.0 Å². The van der Waals surface area contributed by atoms with E-state index in [0.29, 0.717) is 6.42 Å². The number of hydrogen-bond donors (Lipinski definition) is 1. The number of aromatic nitrogens is 4. The molecular weight excluding hydrogens is 308 g/mol. The molecule has 19 heavy (non-hydrogen) atoms. The van der Waals surface area contributed by atoms with Crippen LogP contribution in [0.5, 0.6) is 0 Å². The highest BCUT2D eigenvalue weighted by Crippen LogP contribution is 2.27. The third-order valence-corrected chi connectivity index (χ3v) is 4.28. The van der Waals surface area contributed by atoms with Gasteiger partial charge in [-0.25, -0.2) is 0 Å². The van der Waals surface area contributed by atoms with Crippen molar-refractivity contribution in [3.05, 3.63) is 33.3 Å². The van der Waals surface area contributed by atoms with Gasteiger partial charge in [0.05, 0.1) is 27.7 Å². The number of aliphatic hydroxyl groups excluding tert-OH is 1. The van der Waals surface area contributed by atoms with E-state index in [9.17, 15) is 5.11 Å². The van der Waals surface area contributed by atoms with Crippen molar-refractivity contribution in [1.82, 2.24) is 19.6 Å². The van der Waals surface area contributed by atoms with E-state index in [-0.39, 0.29) is 0 Å². The lowest BCUT2D eigenvalue weighted by atomic mass is 10.1. The molecule has 2 heterocycles. The van der Waals surface area contributed by atoms with Crippen LogP contribution in [-0.4, -0.2) is 24.7 Å². The number of halogens is 1. The van der Waals surface area contributed by atoms with Crippen LogP contribution in [0.1, 0.15) is 35.7 Å².